The van der Waals surface area contributed by atoms with Gasteiger partial charge in [-0.25, -0.2) is 0 Å². The van der Waals surface area contributed by atoms with Crippen LogP contribution in [0.3, 0.4) is 0 Å². The molecule has 114 valence electrons. The quantitative estimate of drug-likeness (QED) is 0.813. The highest BCUT2D eigenvalue weighted by Gasteiger charge is 2.31. The van der Waals surface area contributed by atoms with Gasteiger partial charge in [-0.1, -0.05) is 0 Å². The Bertz CT molecular complexity index is 325. The molecule has 2 unspecified atom stereocenters. The fraction of sp³-hybridized carbons (Fsp3) is 0.933. The third-order valence-corrected chi connectivity index (χ3v) is 4.95. The minimum absolute atomic E-state index is 0.356. The highest BCUT2D eigenvalue weighted by Crippen LogP contribution is 2.19. The Morgan fingerprint density at radius 2 is 2.05 bits per heavy atom. The number of hydrogen-bond acceptors (Lipinski definition) is 4. The van der Waals surface area contributed by atoms with E-state index in [-0.39, 0.29) is 0 Å². The molecule has 5 heteroatoms. The molecule has 3 fully saturated rings. The summed E-state index contributed by atoms with van der Waals surface area (Å²) in [4.78, 5) is 16.9. The molecule has 5 nitrogen and oxygen atoms in total. The van der Waals surface area contributed by atoms with Crippen LogP contribution in [0.15, 0.2) is 0 Å². The second-order valence-corrected chi connectivity index (χ2v) is 6.26. The van der Waals surface area contributed by atoms with E-state index in [9.17, 15) is 4.79 Å². The van der Waals surface area contributed by atoms with Crippen LogP contribution >= 0.6 is 0 Å². The fourth-order valence-corrected chi connectivity index (χ4v) is 3.67. The summed E-state index contributed by atoms with van der Waals surface area (Å²) < 4.78 is 5.40. The highest BCUT2D eigenvalue weighted by molar-refractivity contribution is 5.76. The summed E-state index contributed by atoms with van der Waals surface area (Å²) in [6, 6.07) is 1.14. The van der Waals surface area contributed by atoms with Gasteiger partial charge in [-0.2, -0.15) is 0 Å². The number of likely N-dealkylation sites (tertiary alicyclic amines) is 1. The van der Waals surface area contributed by atoms with Crippen molar-refractivity contribution in [3.05, 3.63) is 0 Å². The van der Waals surface area contributed by atoms with Crippen LogP contribution in [-0.2, 0) is 9.53 Å². The standard InChI is InChI=1S/C15H27N3O2/c19-15(4-3-13-2-1-6-16-13)18-7-5-14(12-18)17-8-10-20-11-9-17/h13-14,16H,1-12H2. The summed E-state index contributed by atoms with van der Waals surface area (Å²) in [5.41, 5.74) is 0. The van der Waals surface area contributed by atoms with Crippen molar-refractivity contribution in [2.45, 2.75) is 44.2 Å². The smallest absolute Gasteiger partial charge is 0.222 e. The van der Waals surface area contributed by atoms with Gasteiger partial charge in [0, 0.05) is 44.7 Å². The average molecular weight is 281 g/mol. The Morgan fingerprint density at radius 1 is 1.20 bits per heavy atom. The monoisotopic (exact) mass is 281 g/mol. The molecular formula is C15H27N3O2. The first-order valence-corrected chi connectivity index (χ1v) is 8.16. The highest BCUT2D eigenvalue weighted by atomic mass is 16.5. The number of carbonyl (C=O) groups is 1. The number of nitrogens with one attached hydrogen (secondary N) is 1. The summed E-state index contributed by atoms with van der Waals surface area (Å²) in [6.07, 6.45) is 5.36. The molecule has 0 bridgehead atoms. The number of rotatable bonds is 4. The van der Waals surface area contributed by atoms with Crippen LogP contribution in [0.5, 0.6) is 0 Å². The maximum Gasteiger partial charge on any atom is 0.222 e. The van der Waals surface area contributed by atoms with E-state index in [1.807, 2.05) is 0 Å². The van der Waals surface area contributed by atoms with Gasteiger partial charge in [-0.05, 0) is 32.2 Å². The number of morpholine rings is 1. The lowest BCUT2D eigenvalue weighted by Crippen LogP contribution is -2.45. The van der Waals surface area contributed by atoms with Crippen LogP contribution in [0, 0.1) is 0 Å². The summed E-state index contributed by atoms with van der Waals surface area (Å²) in [7, 11) is 0. The van der Waals surface area contributed by atoms with Gasteiger partial charge in [0.1, 0.15) is 0 Å². The number of amides is 1. The molecule has 0 aromatic rings. The van der Waals surface area contributed by atoms with Crippen LogP contribution < -0.4 is 5.32 Å². The predicted molar refractivity (Wildman–Crippen MR) is 77.6 cm³/mol. The molecule has 1 amide bonds. The molecular weight excluding hydrogens is 254 g/mol. The molecule has 0 aromatic carbocycles. The van der Waals surface area contributed by atoms with E-state index < -0.39 is 0 Å². The van der Waals surface area contributed by atoms with Gasteiger partial charge >= 0.3 is 0 Å². The molecule has 0 aliphatic carbocycles. The largest absolute Gasteiger partial charge is 0.379 e. The number of hydrogen-bond donors (Lipinski definition) is 1. The molecule has 1 N–H and O–H groups in total. The minimum atomic E-state index is 0.356. The Morgan fingerprint density at radius 3 is 2.80 bits per heavy atom. The summed E-state index contributed by atoms with van der Waals surface area (Å²) >= 11 is 0. The van der Waals surface area contributed by atoms with Crippen LogP contribution in [0.1, 0.15) is 32.1 Å². The molecule has 3 aliphatic rings. The van der Waals surface area contributed by atoms with Gasteiger partial charge in [-0.15, -0.1) is 0 Å². The Balaban J connectivity index is 1.40. The van der Waals surface area contributed by atoms with Crippen molar-refractivity contribution in [1.29, 1.82) is 0 Å². The lowest BCUT2D eigenvalue weighted by molar-refractivity contribution is -0.130. The zero-order chi connectivity index (χ0) is 13.8. The van der Waals surface area contributed by atoms with E-state index in [0.29, 0.717) is 24.4 Å². The Kier molecular flexibility index (Phi) is 4.91. The van der Waals surface area contributed by atoms with Crippen molar-refractivity contribution in [2.75, 3.05) is 45.9 Å². The van der Waals surface area contributed by atoms with Gasteiger partial charge in [0.15, 0.2) is 0 Å². The van der Waals surface area contributed by atoms with Gasteiger partial charge in [0.25, 0.3) is 0 Å². The van der Waals surface area contributed by atoms with Gasteiger partial charge in [0.2, 0.25) is 5.91 Å². The lowest BCUT2D eigenvalue weighted by Gasteiger charge is -2.32. The van der Waals surface area contributed by atoms with Crippen LogP contribution in [-0.4, -0.2) is 73.7 Å². The van der Waals surface area contributed by atoms with Crippen molar-refractivity contribution < 1.29 is 9.53 Å². The van der Waals surface area contributed by atoms with Gasteiger partial charge in [0.05, 0.1) is 13.2 Å². The molecule has 0 aromatic heterocycles. The number of ether oxygens (including phenoxy) is 1. The molecule has 20 heavy (non-hydrogen) atoms. The molecule has 0 saturated carbocycles. The van der Waals surface area contributed by atoms with Crippen molar-refractivity contribution in [1.82, 2.24) is 15.1 Å². The topological polar surface area (TPSA) is 44.8 Å². The van der Waals surface area contributed by atoms with Crippen LogP contribution in [0.2, 0.25) is 0 Å². The molecule has 3 heterocycles. The number of nitrogens with zero attached hydrogens (tertiary/aromatic N) is 2. The summed E-state index contributed by atoms with van der Waals surface area (Å²) in [5.74, 6) is 0.356. The molecule has 0 spiro atoms. The maximum atomic E-state index is 12.3. The first kappa shape index (κ1) is 14.3. The van der Waals surface area contributed by atoms with Crippen LogP contribution in [0.4, 0.5) is 0 Å². The van der Waals surface area contributed by atoms with E-state index in [0.717, 1.165) is 58.8 Å². The molecule has 3 saturated heterocycles. The van der Waals surface area contributed by atoms with Crippen molar-refractivity contribution in [3.63, 3.8) is 0 Å². The third-order valence-electron chi connectivity index (χ3n) is 4.95. The van der Waals surface area contributed by atoms with Crippen LogP contribution in [0.25, 0.3) is 0 Å². The summed E-state index contributed by atoms with van der Waals surface area (Å²) in [5, 5.41) is 3.47. The third kappa shape index (κ3) is 3.51. The molecule has 0 radical (unpaired) electrons. The normalized spacial score (nSPS) is 31.9. The van der Waals surface area contributed by atoms with Crippen molar-refractivity contribution >= 4 is 5.91 Å². The minimum Gasteiger partial charge on any atom is -0.379 e. The van der Waals surface area contributed by atoms with Crippen molar-refractivity contribution in [2.24, 2.45) is 0 Å². The molecule has 3 rings (SSSR count). The first-order chi connectivity index (χ1) is 9.83. The van der Waals surface area contributed by atoms with E-state index in [1.54, 1.807) is 0 Å². The number of carbonyl (C=O) groups excluding carboxylic acids is 1. The van der Waals surface area contributed by atoms with Gasteiger partial charge < -0.3 is 15.0 Å². The van der Waals surface area contributed by atoms with Gasteiger partial charge in [-0.3, -0.25) is 9.69 Å². The second kappa shape index (κ2) is 6.87. The Labute approximate surface area is 121 Å². The fourth-order valence-electron chi connectivity index (χ4n) is 3.67. The van der Waals surface area contributed by atoms with E-state index in [4.69, 9.17) is 4.74 Å². The van der Waals surface area contributed by atoms with E-state index in [2.05, 4.69) is 15.1 Å². The predicted octanol–water partition coefficient (Wildman–Crippen LogP) is 0.452. The molecule has 3 aliphatic heterocycles. The zero-order valence-electron chi connectivity index (χ0n) is 12.4. The lowest BCUT2D eigenvalue weighted by atomic mass is 10.1. The second-order valence-electron chi connectivity index (χ2n) is 6.26. The van der Waals surface area contributed by atoms with E-state index in [1.165, 1.54) is 12.8 Å². The maximum absolute atomic E-state index is 12.3. The zero-order valence-corrected chi connectivity index (χ0v) is 12.4. The van der Waals surface area contributed by atoms with Crippen molar-refractivity contribution in [3.8, 4) is 0 Å². The Hall–Kier alpha value is -0.650. The molecule has 2 atom stereocenters. The van der Waals surface area contributed by atoms with E-state index >= 15 is 0 Å². The summed E-state index contributed by atoms with van der Waals surface area (Å²) in [6.45, 7) is 6.74. The first-order valence-electron chi connectivity index (χ1n) is 8.16. The average Bonchev–Trinajstić information content (AvgIpc) is 3.17. The SMILES string of the molecule is O=C(CCC1CCCN1)N1CCC(N2CCOCC2)C1.